The third-order valence-corrected chi connectivity index (χ3v) is 4.42. The van der Waals surface area contributed by atoms with Crippen molar-refractivity contribution in [2.24, 2.45) is 4.99 Å². The summed E-state index contributed by atoms with van der Waals surface area (Å²) in [5.74, 6) is 1.44. The van der Waals surface area contributed by atoms with E-state index in [1.54, 1.807) is 19.2 Å². The minimum Gasteiger partial charge on any atom is -0.504 e. The van der Waals surface area contributed by atoms with Crippen molar-refractivity contribution in [2.75, 3.05) is 33.3 Å². The number of nitrogens with zero attached hydrogens (tertiary/aromatic N) is 2. The van der Waals surface area contributed by atoms with Crippen molar-refractivity contribution in [3.63, 3.8) is 0 Å². The normalized spacial score (nSPS) is 18.6. The molecule has 6 nitrogen and oxygen atoms in total. The summed E-state index contributed by atoms with van der Waals surface area (Å²) < 4.78 is 5.07. The largest absolute Gasteiger partial charge is 0.504 e. The predicted molar refractivity (Wildman–Crippen MR) is 97.7 cm³/mol. The van der Waals surface area contributed by atoms with Gasteiger partial charge in [-0.25, -0.2) is 4.99 Å². The number of aromatic hydroxyl groups is 1. The smallest absolute Gasteiger partial charge is 0.191 e. The monoisotopic (exact) mass is 334 g/mol. The lowest BCUT2D eigenvalue weighted by molar-refractivity contribution is 0.267. The van der Waals surface area contributed by atoms with Gasteiger partial charge < -0.3 is 20.5 Å². The van der Waals surface area contributed by atoms with Crippen LogP contribution in [0.3, 0.4) is 0 Å². The standard InChI is InChI=1S/C18H30N4O2/c1-4-19-18(21-13-15-7-6-10-22(15)5-2)20-12-14-8-9-17(24-3)16(23)11-14/h8-9,11,15,23H,4-7,10,12-13H2,1-3H3,(H2,19,20,21). The molecule has 24 heavy (non-hydrogen) atoms. The van der Waals surface area contributed by atoms with E-state index in [0.29, 0.717) is 18.3 Å². The molecule has 1 aromatic rings. The van der Waals surface area contributed by atoms with E-state index >= 15 is 0 Å². The first-order valence-electron chi connectivity index (χ1n) is 8.80. The Morgan fingerprint density at radius 1 is 1.38 bits per heavy atom. The Labute approximate surface area is 144 Å². The molecule has 134 valence electrons. The van der Waals surface area contributed by atoms with Gasteiger partial charge in [-0.2, -0.15) is 0 Å². The molecule has 1 aliphatic rings. The van der Waals surface area contributed by atoms with Gasteiger partial charge in [-0.05, 0) is 50.6 Å². The van der Waals surface area contributed by atoms with E-state index in [2.05, 4.69) is 34.4 Å². The molecule has 2 rings (SSSR count). The maximum absolute atomic E-state index is 9.85. The summed E-state index contributed by atoms with van der Waals surface area (Å²) in [6.07, 6.45) is 2.52. The molecule has 3 N–H and O–H groups in total. The molecule has 1 aliphatic heterocycles. The first kappa shape index (κ1) is 18.4. The highest BCUT2D eigenvalue weighted by atomic mass is 16.5. The van der Waals surface area contributed by atoms with E-state index in [1.807, 2.05) is 6.07 Å². The van der Waals surface area contributed by atoms with Crippen LogP contribution in [0.1, 0.15) is 32.3 Å². The van der Waals surface area contributed by atoms with E-state index in [-0.39, 0.29) is 5.75 Å². The molecule has 0 aliphatic carbocycles. The maximum Gasteiger partial charge on any atom is 0.191 e. The molecule has 0 radical (unpaired) electrons. The number of phenolic OH excluding ortho intramolecular Hbond substituents is 1. The van der Waals surface area contributed by atoms with Crippen molar-refractivity contribution in [2.45, 2.75) is 39.3 Å². The van der Waals surface area contributed by atoms with Crippen LogP contribution in [0.2, 0.25) is 0 Å². The summed E-state index contributed by atoms with van der Waals surface area (Å²) in [4.78, 5) is 7.13. The Morgan fingerprint density at radius 2 is 2.21 bits per heavy atom. The lowest BCUT2D eigenvalue weighted by Gasteiger charge is -2.24. The maximum atomic E-state index is 9.85. The van der Waals surface area contributed by atoms with Crippen LogP contribution in [0.15, 0.2) is 23.2 Å². The number of aliphatic imine (C=N–C) groups is 1. The van der Waals surface area contributed by atoms with E-state index in [0.717, 1.165) is 31.2 Å². The molecule has 1 aromatic carbocycles. The van der Waals surface area contributed by atoms with Gasteiger partial charge in [0.1, 0.15) is 0 Å². The van der Waals surface area contributed by atoms with Gasteiger partial charge in [0.2, 0.25) is 0 Å². The van der Waals surface area contributed by atoms with Gasteiger partial charge in [-0.1, -0.05) is 13.0 Å². The number of likely N-dealkylation sites (tertiary alicyclic amines) is 1. The number of hydrogen-bond donors (Lipinski definition) is 3. The van der Waals surface area contributed by atoms with Gasteiger partial charge in [0.15, 0.2) is 17.5 Å². The van der Waals surface area contributed by atoms with Gasteiger partial charge in [0.05, 0.1) is 13.7 Å². The van der Waals surface area contributed by atoms with Crippen molar-refractivity contribution >= 4 is 5.96 Å². The van der Waals surface area contributed by atoms with E-state index in [9.17, 15) is 5.11 Å². The lowest BCUT2D eigenvalue weighted by Crippen LogP contribution is -2.44. The van der Waals surface area contributed by atoms with Crippen LogP contribution < -0.4 is 15.4 Å². The Hall–Kier alpha value is -1.95. The highest BCUT2D eigenvalue weighted by Gasteiger charge is 2.22. The van der Waals surface area contributed by atoms with Crippen molar-refractivity contribution in [3.05, 3.63) is 23.8 Å². The second kappa shape index (κ2) is 9.37. The summed E-state index contributed by atoms with van der Waals surface area (Å²) in [6.45, 7) is 8.81. The highest BCUT2D eigenvalue weighted by Crippen LogP contribution is 2.26. The summed E-state index contributed by atoms with van der Waals surface area (Å²) in [6, 6.07) is 5.96. The molecular weight excluding hydrogens is 304 g/mol. The van der Waals surface area contributed by atoms with Crippen LogP contribution in [-0.4, -0.2) is 55.3 Å². The zero-order valence-corrected chi connectivity index (χ0v) is 15.0. The molecule has 0 aromatic heterocycles. The predicted octanol–water partition coefficient (Wildman–Crippen LogP) is 1.94. The zero-order valence-electron chi connectivity index (χ0n) is 15.0. The third kappa shape index (κ3) is 5.03. The van der Waals surface area contributed by atoms with Crippen LogP contribution >= 0.6 is 0 Å². The first-order valence-corrected chi connectivity index (χ1v) is 8.80. The SMILES string of the molecule is CCNC(=NCc1ccc(OC)c(O)c1)NCC1CCCN1CC. The molecule has 0 spiro atoms. The molecule has 0 bridgehead atoms. The summed E-state index contributed by atoms with van der Waals surface area (Å²) in [5.41, 5.74) is 0.946. The Balaban J connectivity index is 1.93. The van der Waals surface area contributed by atoms with Crippen LogP contribution in [0.5, 0.6) is 11.5 Å². The first-order chi connectivity index (χ1) is 11.7. The lowest BCUT2D eigenvalue weighted by atomic mass is 10.2. The second-order valence-electron chi connectivity index (χ2n) is 6.01. The molecule has 6 heteroatoms. The average molecular weight is 334 g/mol. The Morgan fingerprint density at radius 3 is 2.88 bits per heavy atom. The van der Waals surface area contributed by atoms with Crippen LogP contribution in [0.25, 0.3) is 0 Å². The fourth-order valence-electron chi connectivity index (χ4n) is 3.10. The minimum absolute atomic E-state index is 0.146. The summed E-state index contributed by atoms with van der Waals surface area (Å²) >= 11 is 0. The van der Waals surface area contributed by atoms with Gasteiger partial charge in [-0.3, -0.25) is 4.90 Å². The number of ether oxygens (including phenoxy) is 1. The van der Waals surface area contributed by atoms with Crippen molar-refractivity contribution in [1.82, 2.24) is 15.5 Å². The fraction of sp³-hybridized carbons (Fsp3) is 0.611. The average Bonchev–Trinajstić information content (AvgIpc) is 3.05. The summed E-state index contributed by atoms with van der Waals surface area (Å²) in [7, 11) is 1.54. The van der Waals surface area contributed by atoms with Crippen molar-refractivity contribution < 1.29 is 9.84 Å². The Bertz CT molecular complexity index is 548. The van der Waals surface area contributed by atoms with Gasteiger partial charge in [0.25, 0.3) is 0 Å². The minimum atomic E-state index is 0.146. The number of nitrogens with one attached hydrogen (secondary N) is 2. The van der Waals surface area contributed by atoms with Crippen molar-refractivity contribution in [1.29, 1.82) is 0 Å². The number of guanidine groups is 1. The van der Waals surface area contributed by atoms with Crippen LogP contribution in [0.4, 0.5) is 0 Å². The van der Waals surface area contributed by atoms with Crippen LogP contribution in [0, 0.1) is 0 Å². The molecule has 0 amide bonds. The summed E-state index contributed by atoms with van der Waals surface area (Å²) in [5, 5.41) is 16.6. The molecule has 1 unspecified atom stereocenters. The highest BCUT2D eigenvalue weighted by molar-refractivity contribution is 5.79. The van der Waals surface area contributed by atoms with E-state index < -0.39 is 0 Å². The fourth-order valence-corrected chi connectivity index (χ4v) is 3.10. The second-order valence-corrected chi connectivity index (χ2v) is 6.01. The van der Waals surface area contributed by atoms with E-state index in [4.69, 9.17) is 4.74 Å². The number of rotatable bonds is 7. The van der Waals surface area contributed by atoms with Gasteiger partial charge in [-0.15, -0.1) is 0 Å². The molecule has 1 fully saturated rings. The number of hydrogen-bond acceptors (Lipinski definition) is 4. The Kier molecular flexibility index (Phi) is 7.18. The van der Waals surface area contributed by atoms with E-state index in [1.165, 1.54) is 19.4 Å². The number of phenols is 1. The quantitative estimate of drug-likeness (QED) is 0.525. The topological polar surface area (TPSA) is 69.1 Å². The third-order valence-electron chi connectivity index (χ3n) is 4.42. The number of benzene rings is 1. The molecule has 1 saturated heterocycles. The van der Waals surface area contributed by atoms with Gasteiger partial charge >= 0.3 is 0 Å². The molecule has 1 atom stereocenters. The number of likely N-dealkylation sites (N-methyl/N-ethyl adjacent to an activating group) is 1. The number of methoxy groups -OCH3 is 1. The molecular formula is C18H30N4O2. The molecule has 0 saturated carbocycles. The van der Waals surface area contributed by atoms with Crippen LogP contribution in [-0.2, 0) is 6.54 Å². The van der Waals surface area contributed by atoms with Crippen molar-refractivity contribution in [3.8, 4) is 11.5 Å². The molecule has 1 heterocycles. The zero-order chi connectivity index (χ0) is 17.4. The van der Waals surface area contributed by atoms with Gasteiger partial charge in [0, 0.05) is 19.1 Å².